The zero-order valence-corrected chi connectivity index (χ0v) is 18.7. The summed E-state index contributed by atoms with van der Waals surface area (Å²) in [7, 11) is 0. The molecule has 0 spiro atoms. The molecule has 0 aliphatic heterocycles. The van der Waals surface area contributed by atoms with Gasteiger partial charge < -0.3 is 44.8 Å². The third kappa shape index (κ3) is 31.4. The second kappa shape index (κ2) is 20.9. The molecule has 5 atom stereocenters. The van der Waals surface area contributed by atoms with Crippen molar-refractivity contribution in [3.63, 3.8) is 0 Å². The summed E-state index contributed by atoms with van der Waals surface area (Å²) in [4.78, 5) is 19.4. The van der Waals surface area contributed by atoms with Crippen LogP contribution in [-0.4, -0.2) is 106 Å². The number of aliphatic hydroxyl groups excluding tert-OH is 4. The van der Waals surface area contributed by atoms with Crippen molar-refractivity contribution >= 4 is 11.9 Å². The lowest BCUT2D eigenvalue weighted by Crippen LogP contribution is -2.22. The number of carbonyl (C=O) groups is 2. The molecule has 0 rings (SSSR count). The van der Waals surface area contributed by atoms with Crippen molar-refractivity contribution in [3.8, 4) is 0 Å². The van der Waals surface area contributed by atoms with E-state index in [4.69, 9.17) is 44.8 Å². The molecule has 5 unspecified atom stereocenters. The molecule has 182 valence electrons. The Morgan fingerprint density at radius 2 is 1.17 bits per heavy atom. The summed E-state index contributed by atoms with van der Waals surface area (Å²) in [5.74, 6) is -2.85. The molecule has 0 saturated heterocycles. The van der Waals surface area contributed by atoms with Crippen LogP contribution in [0.1, 0.15) is 48.0 Å². The second-order valence-electron chi connectivity index (χ2n) is 7.00. The van der Waals surface area contributed by atoms with Crippen molar-refractivity contribution in [3.05, 3.63) is 0 Å². The van der Waals surface area contributed by atoms with Crippen molar-refractivity contribution in [2.75, 3.05) is 26.4 Å². The van der Waals surface area contributed by atoms with Crippen molar-refractivity contribution in [2.45, 2.75) is 84.6 Å². The summed E-state index contributed by atoms with van der Waals surface area (Å²) in [6.45, 7) is 12.3. The Morgan fingerprint density at radius 1 is 0.733 bits per heavy atom. The first-order chi connectivity index (χ1) is 13.7. The minimum atomic E-state index is -1.79. The third-order valence-electron chi connectivity index (χ3n) is 2.82. The number of carboxylic acid groups (broad SMARTS) is 2. The number of rotatable bonds is 13. The van der Waals surface area contributed by atoms with Crippen LogP contribution in [0.2, 0.25) is 0 Å². The lowest BCUT2D eigenvalue weighted by atomic mass is 10.3. The second-order valence-corrected chi connectivity index (χ2v) is 7.00. The van der Waals surface area contributed by atoms with Crippen LogP contribution in [0.25, 0.3) is 0 Å². The standard InChI is InChI=1S/C9H20O3.C6H14O3.C4H6O5/c1-7(2)11-6-9(4)12-5-8(3)10;1-5(8)4-9-6(2)3-7;5-2(4(8)9)1-3(6)7/h7-10H,5-6H2,1-4H3;5-8H,3-4H2,1-2H3;2,5H,1H2,(H,6,7)(H,8,9). The van der Waals surface area contributed by atoms with Crippen molar-refractivity contribution < 1.29 is 54.4 Å². The van der Waals surface area contributed by atoms with E-state index in [9.17, 15) is 9.59 Å². The molecule has 0 aliphatic carbocycles. The van der Waals surface area contributed by atoms with Gasteiger partial charge in [0.15, 0.2) is 6.10 Å². The smallest absolute Gasteiger partial charge is 0.333 e. The summed E-state index contributed by atoms with van der Waals surface area (Å²) in [6, 6.07) is 0. The molecule has 0 bridgehead atoms. The Balaban J connectivity index is -0.000000371. The molecule has 11 nitrogen and oxygen atoms in total. The van der Waals surface area contributed by atoms with Gasteiger partial charge in [0, 0.05) is 0 Å². The first-order valence-corrected chi connectivity index (χ1v) is 9.67. The van der Waals surface area contributed by atoms with E-state index < -0.39 is 36.7 Å². The van der Waals surface area contributed by atoms with E-state index in [2.05, 4.69) is 0 Å². The van der Waals surface area contributed by atoms with Crippen molar-refractivity contribution in [1.82, 2.24) is 0 Å². The van der Waals surface area contributed by atoms with E-state index in [0.29, 0.717) is 19.8 Å². The van der Waals surface area contributed by atoms with Gasteiger partial charge in [-0.2, -0.15) is 0 Å². The molecule has 0 aromatic carbocycles. The molecule has 0 aromatic heterocycles. The van der Waals surface area contributed by atoms with E-state index >= 15 is 0 Å². The van der Waals surface area contributed by atoms with Crippen LogP contribution in [0.3, 0.4) is 0 Å². The topological polar surface area (TPSA) is 183 Å². The average Bonchev–Trinajstić information content (AvgIpc) is 2.62. The number of aliphatic hydroxyl groups is 4. The molecular weight excluding hydrogens is 404 g/mol. The normalized spacial score (nSPS) is 15.6. The fourth-order valence-corrected chi connectivity index (χ4v) is 1.29. The number of ether oxygens (including phenoxy) is 3. The van der Waals surface area contributed by atoms with Gasteiger partial charge in [-0.1, -0.05) is 0 Å². The van der Waals surface area contributed by atoms with Gasteiger partial charge in [-0.05, 0) is 41.5 Å². The van der Waals surface area contributed by atoms with Crippen molar-refractivity contribution in [2.24, 2.45) is 0 Å². The number of hydrogen-bond donors (Lipinski definition) is 6. The van der Waals surface area contributed by atoms with Gasteiger partial charge in [-0.3, -0.25) is 4.79 Å². The largest absolute Gasteiger partial charge is 0.481 e. The Labute approximate surface area is 178 Å². The van der Waals surface area contributed by atoms with Crippen LogP contribution in [0.15, 0.2) is 0 Å². The average molecular weight is 445 g/mol. The van der Waals surface area contributed by atoms with Crippen LogP contribution in [0.5, 0.6) is 0 Å². The Morgan fingerprint density at radius 3 is 1.43 bits per heavy atom. The van der Waals surface area contributed by atoms with Crippen LogP contribution in [-0.2, 0) is 23.8 Å². The van der Waals surface area contributed by atoms with E-state index in [1.54, 1.807) is 20.8 Å². The summed E-state index contributed by atoms with van der Waals surface area (Å²) in [6.07, 6.45) is -3.26. The highest BCUT2D eigenvalue weighted by Gasteiger charge is 2.16. The lowest BCUT2D eigenvalue weighted by molar-refractivity contribution is -0.152. The minimum absolute atomic E-state index is 0.00667. The van der Waals surface area contributed by atoms with E-state index in [-0.39, 0.29) is 24.9 Å². The van der Waals surface area contributed by atoms with E-state index in [1.165, 1.54) is 0 Å². The van der Waals surface area contributed by atoms with Crippen LogP contribution in [0.4, 0.5) is 0 Å². The van der Waals surface area contributed by atoms with Crippen LogP contribution in [0, 0.1) is 0 Å². The molecule has 0 radical (unpaired) electrons. The predicted molar refractivity (Wildman–Crippen MR) is 108 cm³/mol. The molecule has 0 saturated carbocycles. The minimum Gasteiger partial charge on any atom is -0.481 e. The molecule has 0 aliphatic rings. The van der Waals surface area contributed by atoms with E-state index in [1.807, 2.05) is 20.8 Å². The first kappa shape index (κ1) is 33.3. The van der Waals surface area contributed by atoms with Gasteiger partial charge >= 0.3 is 11.9 Å². The molecule has 11 heteroatoms. The molecule has 0 aromatic rings. The molecule has 30 heavy (non-hydrogen) atoms. The predicted octanol–water partition coefficient (Wildman–Crippen LogP) is -0.131. The monoisotopic (exact) mass is 444 g/mol. The fourth-order valence-electron chi connectivity index (χ4n) is 1.29. The van der Waals surface area contributed by atoms with Gasteiger partial charge in [0.1, 0.15) is 0 Å². The van der Waals surface area contributed by atoms with E-state index in [0.717, 1.165) is 0 Å². The van der Waals surface area contributed by atoms with Gasteiger partial charge in [0.25, 0.3) is 0 Å². The summed E-state index contributed by atoms with van der Waals surface area (Å²) in [5, 5.41) is 50.2. The maximum absolute atomic E-state index is 9.72. The zero-order valence-electron chi connectivity index (χ0n) is 18.7. The van der Waals surface area contributed by atoms with Gasteiger partial charge in [-0.25, -0.2) is 4.79 Å². The van der Waals surface area contributed by atoms with Crippen LogP contribution < -0.4 is 0 Å². The highest BCUT2D eigenvalue weighted by atomic mass is 16.5. The van der Waals surface area contributed by atoms with Gasteiger partial charge in [-0.15, -0.1) is 0 Å². The Kier molecular flexibility index (Phi) is 23.2. The van der Waals surface area contributed by atoms with Gasteiger partial charge in [0.2, 0.25) is 0 Å². The number of aliphatic carboxylic acids is 2. The quantitative estimate of drug-likeness (QED) is 0.222. The molecule has 6 N–H and O–H groups in total. The first-order valence-electron chi connectivity index (χ1n) is 9.67. The maximum atomic E-state index is 9.72. The summed E-state index contributed by atoms with van der Waals surface area (Å²) in [5.41, 5.74) is 0. The highest BCUT2D eigenvalue weighted by Crippen LogP contribution is 1.97. The van der Waals surface area contributed by atoms with Crippen molar-refractivity contribution in [1.29, 1.82) is 0 Å². The SMILES string of the molecule is CC(O)COC(C)CO.CC(O)COC(C)COC(C)C.O=C(O)CC(O)C(=O)O. The Hall–Kier alpha value is -1.34. The third-order valence-corrected chi connectivity index (χ3v) is 2.82. The van der Waals surface area contributed by atoms with Crippen LogP contribution >= 0.6 is 0 Å². The Bertz CT molecular complexity index is 401. The molecular formula is C19H40O11. The number of carboxylic acids is 2. The molecule has 0 fully saturated rings. The zero-order chi connectivity index (χ0) is 24.3. The maximum Gasteiger partial charge on any atom is 0.333 e. The molecule has 0 amide bonds. The van der Waals surface area contributed by atoms with Gasteiger partial charge in [0.05, 0.1) is 63.4 Å². The summed E-state index contributed by atoms with van der Waals surface area (Å²) < 4.78 is 15.6. The lowest BCUT2D eigenvalue weighted by Gasteiger charge is -2.15. The summed E-state index contributed by atoms with van der Waals surface area (Å²) >= 11 is 0. The highest BCUT2D eigenvalue weighted by molar-refractivity contribution is 5.79. The number of hydrogen-bond acceptors (Lipinski definition) is 9. The molecule has 0 heterocycles. The fraction of sp³-hybridized carbons (Fsp3) is 0.895.